The van der Waals surface area contributed by atoms with Crippen LogP contribution in [0.1, 0.15) is 50.6 Å². The molecule has 0 radical (unpaired) electrons. The molecule has 3 nitrogen and oxygen atoms in total. The average molecular weight is 272 g/mol. The van der Waals surface area contributed by atoms with Gasteiger partial charge in [-0.2, -0.15) is 0 Å². The first-order valence-corrected chi connectivity index (χ1v) is 8.01. The van der Waals surface area contributed by atoms with Crippen molar-refractivity contribution in [2.45, 2.75) is 57.5 Å². The predicted molar refractivity (Wildman–Crippen MR) is 79.3 cm³/mol. The van der Waals surface area contributed by atoms with E-state index in [4.69, 9.17) is 0 Å². The topological polar surface area (TPSA) is 33.2 Å². The lowest BCUT2D eigenvalue weighted by atomic mass is 9.79. The molecule has 20 heavy (non-hydrogen) atoms. The largest absolute Gasteiger partial charge is 0.299 e. The molecule has 3 heteroatoms. The molecular formula is C17H24N2O. The summed E-state index contributed by atoms with van der Waals surface area (Å²) in [6, 6.07) is 6.56. The Balaban J connectivity index is 1.71. The number of carbonyl (C=O) groups excluding carboxylic acids is 1. The summed E-state index contributed by atoms with van der Waals surface area (Å²) in [5.41, 5.74) is 1.13. The second-order valence-electron chi connectivity index (χ2n) is 6.17. The van der Waals surface area contributed by atoms with Crippen LogP contribution in [-0.4, -0.2) is 28.3 Å². The number of Topliss-reactive ketones (excluding diaryl/α,β-unsaturated/α-hetero) is 1. The van der Waals surface area contributed by atoms with E-state index in [2.05, 4.69) is 16.0 Å². The smallest absolute Gasteiger partial charge is 0.137 e. The van der Waals surface area contributed by atoms with Gasteiger partial charge < -0.3 is 0 Å². The van der Waals surface area contributed by atoms with Crippen LogP contribution in [0, 0.1) is 5.92 Å². The lowest BCUT2D eigenvalue weighted by Crippen LogP contribution is -2.47. The van der Waals surface area contributed by atoms with Crippen molar-refractivity contribution in [1.29, 1.82) is 0 Å². The zero-order valence-electron chi connectivity index (χ0n) is 12.1. The van der Waals surface area contributed by atoms with Gasteiger partial charge in [0.1, 0.15) is 5.78 Å². The molecule has 2 fully saturated rings. The summed E-state index contributed by atoms with van der Waals surface area (Å²) in [6.45, 7) is 2.01. The monoisotopic (exact) mass is 272 g/mol. The van der Waals surface area contributed by atoms with E-state index < -0.39 is 0 Å². The van der Waals surface area contributed by atoms with Gasteiger partial charge in [-0.1, -0.05) is 18.9 Å². The van der Waals surface area contributed by atoms with Crippen molar-refractivity contribution >= 4 is 5.78 Å². The number of carbonyl (C=O) groups is 1. The molecule has 1 saturated carbocycles. The minimum atomic E-state index is 0.285. The number of pyridine rings is 1. The number of hydrogen-bond donors (Lipinski definition) is 0. The van der Waals surface area contributed by atoms with Gasteiger partial charge in [0.2, 0.25) is 0 Å². The molecule has 1 aromatic rings. The third-order valence-electron chi connectivity index (χ3n) is 4.82. The standard InChI is InChI=1S/C17H24N2O/c20-17-10-2-1-8-15(17)16-9-4-6-12-19(16)13-14-7-3-5-11-18-14/h3,5,7,11,15-16H,1-2,4,6,8-10,12-13H2. The first-order valence-electron chi connectivity index (χ1n) is 8.01. The first-order chi connectivity index (χ1) is 9.84. The van der Waals surface area contributed by atoms with E-state index in [0.29, 0.717) is 11.8 Å². The number of hydrogen-bond acceptors (Lipinski definition) is 3. The van der Waals surface area contributed by atoms with Gasteiger partial charge >= 0.3 is 0 Å². The van der Waals surface area contributed by atoms with Crippen molar-refractivity contribution in [1.82, 2.24) is 9.88 Å². The Labute approximate surface area is 121 Å². The van der Waals surface area contributed by atoms with Crippen molar-refractivity contribution in [2.24, 2.45) is 5.92 Å². The molecule has 0 aromatic carbocycles. The van der Waals surface area contributed by atoms with E-state index >= 15 is 0 Å². The van der Waals surface area contributed by atoms with Crippen LogP contribution in [0.15, 0.2) is 24.4 Å². The van der Waals surface area contributed by atoms with E-state index in [1.807, 2.05) is 18.3 Å². The molecule has 1 aliphatic carbocycles. The van der Waals surface area contributed by atoms with Gasteiger partial charge in [-0.25, -0.2) is 0 Å². The molecule has 2 atom stereocenters. The van der Waals surface area contributed by atoms with Gasteiger partial charge in [-0.05, 0) is 44.4 Å². The molecule has 2 unspecified atom stereocenters. The second kappa shape index (κ2) is 6.49. The van der Waals surface area contributed by atoms with Crippen molar-refractivity contribution in [3.05, 3.63) is 30.1 Å². The number of ketones is 1. The Bertz CT molecular complexity index is 446. The number of piperidine rings is 1. The van der Waals surface area contributed by atoms with Crippen LogP contribution < -0.4 is 0 Å². The third kappa shape index (κ3) is 3.09. The fourth-order valence-electron chi connectivity index (χ4n) is 3.79. The summed E-state index contributed by atoms with van der Waals surface area (Å²) >= 11 is 0. The molecule has 1 aliphatic heterocycles. The SMILES string of the molecule is O=C1CCCCC1C1CCCCN1Cc1ccccn1. The van der Waals surface area contributed by atoms with Gasteiger partial charge in [-0.15, -0.1) is 0 Å². The maximum absolute atomic E-state index is 12.2. The molecule has 0 amide bonds. The quantitative estimate of drug-likeness (QED) is 0.847. The molecule has 2 heterocycles. The first kappa shape index (κ1) is 13.7. The van der Waals surface area contributed by atoms with Gasteiger partial charge in [0.15, 0.2) is 0 Å². The van der Waals surface area contributed by atoms with Crippen LogP contribution in [0.3, 0.4) is 0 Å². The maximum atomic E-state index is 12.2. The molecular weight excluding hydrogens is 248 g/mol. The van der Waals surface area contributed by atoms with Crippen molar-refractivity contribution in [3.63, 3.8) is 0 Å². The summed E-state index contributed by atoms with van der Waals surface area (Å²) in [4.78, 5) is 19.2. The summed E-state index contributed by atoms with van der Waals surface area (Å²) in [6.07, 6.45) is 9.80. The van der Waals surface area contributed by atoms with E-state index in [1.165, 1.54) is 25.7 Å². The van der Waals surface area contributed by atoms with Crippen molar-refractivity contribution < 1.29 is 4.79 Å². The Morgan fingerprint density at radius 2 is 2.05 bits per heavy atom. The Hall–Kier alpha value is -1.22. The molecule has 3 rings (SSSR count). The Morgan fingerprint density at radius 3 is 2.85 bits per heavy atom. The number of likely N-dealkylation sites (tertiary alicyclic amines) is 1. The summed E-state index contributed by atoms with van der Waals surface area (Å²) in [5.74, 6) is 0.793. The predicted octanol–water partition coefficient (Wildman–Crippen LogP) is 3.20. The summed E-state index contributed by atoms with van der Waals surface area (Å²) in [5, 5.41) is 0. The number of rotatable bonds is 3. The fourth-order valence-corrected chi connectivity index (χ4v) is 3.79. The van der Waals surface area contributed by atoms with E-state index in [-0.39, 0.29) is 5.92 Å². The fraction of sp³-hybridized carbons (Fsp3) is 0.647. The molecule has 108 valence electrons. The minimum Gasteiger partial charge on any atom is -0.299 e. The highest BCUT2D eigenvalue weighted by Gasteiger charge is 2.35. The molecule has 0 bridgehead atoms. The average Bonchev–Trinajstić information content (AvgIpc) is 2.50. The van der Waals surface area contributed by atoms with Crippen LogP contribution in [0.25, 0.3) is 0 Å². The van der Waals surface area contributed by atoms with Crippen molar-refractivity contribution in [2.75, 3.05) is 6.54 Å². The molecule has 0 N–H and O–H groups in total. The number of aromatic nitrogens is 1. The Kier molecular flexibility index (Phi) is 4.46. The van der Waals surface area contributed by atoms with Gasteiger partial charge in [0.05, 0.1) is 5.69 Å². The maximum Gasteiger partial charge on any atom is 0.137 e. The van der Waals surface area contributed by atoms with Crippen LogP contribution in [0.4, 0.5) is 0 Å². The van der Waals surface area contributed by atoms with Crippen LogP contribution in [-0.2, 0) is 11.3 Å². The van der Waals surface area contributed by atoms with Crippen LogP contribution in [0.2, 0.25) is 0 Å². The highest BCUT2D eigenvalue weighted by atomic mass is 16.1. The third-order valence-corrected chi connectivity index (χ3v) is 4.82. The zero-order chi connectivity index (χ0) is 13.8. The van der Waals surface area contributed by atoms with Gasteiger partial charge in [0, 0.05) is 31.1 Å². The number of nitrogens with zero attached hydrogens (tertiary/aromatic N) is 2. The van der Waals surface area contributed by atoms with Gasteiger partial charge in [0.25, 0.3) is 0 Å². The van der Waals surface area contributed by atoms with Crippen LogP contribution >= 0.6 is 0 Å². The summed E-state index contributed by atoms with van der Waals surface area (Å²) < 4.78 is 0. The van der Waals surface area contributed by atoms with E-state index in [1.54, 1.807) is 0 Å². The molecule has 1 saturated heterocycles. The Morgan fingerprint density at radius 1 is 1.15 bits per heavy atom. The minimum absolute atomic E-state index is 0.285. The molecule has 2 aliphatic rings. The highest BCUT2D eigenvalue weighted by molar-refractivity contribution is 5.82. The van der Waals surface area contributed by atoms with Crippen molar-refractivity contribution in [3.8, 4) is 0 Å². The molecule has 0 spiro atoms. The van der Waals surface area contributed by atoms with Crippen LogP contribution in [0.5, 0.6) is 0 Å². The summed E-state index contributed by atoms with van der Waals surface area (Å²) in [7, 11) is 0. The lowest BCUT2D eigenvalue weighted by Gasteiger charge is -2.41. The lowest BCUT2D eigenvalue weighted by molar-refractivity contribution is -0.127. The van der Waals surface area contributed by atoms with E-state index in [9.17, 15) is 4.79 Å². The zero-order valence-corrected chi connectivity index (χ0v) is 12.1. The normalized spacial score (nSPS) is 28.5. The second-order valence-corrected chi connectivity index (χ2v) is 6.17. The van der Waals surface area contributed by atoms with E-state index in [0.717, 1.165) is 38.0 Å². The van der Waals surface area contributed by atoms with Gasteiger partial charge in [-0.3, -0.25) is 14.7 Å². The highest BCUT2D eigenvalue weighted by Crippen LogP contribution is 2.32. The molecule has 1 aromatic heterocycles.